The molecule has 1 amide bonds. The molecule has 4 fully saturated rings. The number of ether oxygens (including phenoxy) is 1. The van der Waals surface area contributed by atoms with Crippen LogP contribution in [0.1, 0.15) is 49.0 Å². The number of carbonyl (C=O) groups excluding carboxylic acids is 1. The monoisotopic (exact) mass is 303 g/mol. The van der Waals surface area contributed by atoms with Crippen LogP contribution in [0.5, 0.6) is 0 Å². The molecule has 0 unspecified atom stereocenters. The lowest BCUT2D eigenvalue weighted by molar-refractivity contribution is -0.0503. The Kier molecular flexibility index (Phi) is 3.48. The maximum absolute atomic E-state index is 12.3. The highest BCUT2D eigenvalue weighted by atomic mass is 16.5. The molecule has 4 aliphatic rings. The molecule has 4 aliphatic carbocycles. The van der Waals surface area contributed by atoms with Crippen LogP contribution >= 0.6 is 0 Å². The van der Waals surface area contributed by atoms with Crippen LogP contribution in [0.3, 0.4) is 0 Å². The molecule has 4 saturated carbocycles. The minimum atomic E-state index is -0.0504. The van der Waals surface area contributed by atoms with Crippen molar-refractivity contribution < 1.29 is 9.53 Å². The largest absolute Gasteiger partial charge is 0.362 e. The Morgan fingerprint density at radius 3 is 2.55 bits per heavy atom. The third kappa shape index (κ3) is 2.56. The van der Waals surface area contributed by atoms with E-state index in [1.54, 1.807) is 24.1 Å². The highest BCUT2D eigenvalue weighted by Crippen LogP contribution is 2.59. The predicted molar refractivity (Wildman–Crippen MR) is 82.2 cm³/mol. The Labute approximate surface area is 131 Å². The zero-order valence-electron chi connectivity index (χ0n) is 13.3. The van der Waals surface area contributed by atoms with Crippen LogP contribution in [0.2, 0.25) is 0 Å². The van der Waals surface area contributed by atoms with Crippen LogP contribution < -0.4 is 5.32 Å². The van der Waals surface area contributed by atoms with Gasteiger partial charge in [-0.25, -0.2) is 4.68 Å². The first-order valence-corrected chi connectivity index (χ1v) is 8.46. The summed E-state index contributed by atoms with van der Waals surface area (Å²) in [5.41, 5.74) is 0.862. The van der Waals surface area contributed by atoms with Gasteiger partial charge in [0.25, 0.3) is 5.91 Å². The normalized spacial score (nSPS) is 35.8. The van der Waals surface area contributed by atoms with E-state index in [-0.39, 0.29) is 5.91 Å². The molecule has 120 valence electrons. The zero-order valence-corrected chi connectivity index (χ0v) is 13.3. The first-order chi connectivity index (χ1) is 10.7. The van der Waals surface area contributed by atoms with E-state index in [4.69, 9.17) is 4.74 Å². The third-order valence-electron chi connectivity index (χ3n) is 5.92. The van der Waals surface area contributed by atoms with Gasteiger partial charge in [-0.1, -0.05) is 0 Å². The Hall–Kier alpha value is -1.36. The summed E-state index contributed by atoms with van der Waals surface area (Å²) >= 11 is 0. The van der Waals surface area contributed by atoms with Crippen molar-refractivity contribution in [2.24, 2.45) is 23.2 Å². The Bertz CT molecular complexity index is 531. The molecule has 0 aromatic carbocycles. The van der Waals surface area contributed by atoms with Crippen molar-refractivity contribution in [3.8, 4) is 0 Å². The van der Waals surface area contributed by atoms with Gasteiger partial charge in [-0.05, 0) is 67.8 Å². The van der Waals surface area contributed by atoms with Crippen LogP contribution in [0.25, 0.3) is 0 Å². The molecular weight excluding hydrogens is 278 g/mol. The lowest BCUT2D eigenvalue weighted by Gasteiger charge is -2.56. The fourth-order valence-corrected chi connectivity index (χ4v) is 5.55. The van der Waals surface area contributed by atoms with Gasteiger partial charge in [-0.2, -0.15) is 5.10 Å². The molecule has 0 aliphatic heterocycles. The molecule has 0 spiro atoms. The van der Waals surface area contributed by atoms with Gasteiger partial charge in [0.05, 0.1) is 0 Å². The Balaban J connectivity index is 1.38. The molecule has 22 heavy (non-hydrogen) atoms. The molecule has 0 atom stereocenters. The molecule has 1 heterocycles. The smallest absolute Gasteiger partial charge is 0.271 e. The molecule has 1 N–H and O–H groups in total. The molecule has 4 bridgehead atoms. The van der Waals surface area contributed by atoms with E-state index in [0.29, 0.717) is 17.8 Å². The number of rotatable bonds is 5. The minimum absolute atomic E-state index is 0.0504. The van der Waals surface area contributed by atoms with Crippen LogP contribution in [-0.4, -0.2) is 29.3 Å². The number of aromatic nitrogens is 2. The molecular formula is C17H25N3O2. The molecule has 0 saturated heterocycles. The second-order valence-corrected chi connectivity index (χ2v) is 7.76. The predicted octanol–water partition coefficient (Wildman–Crippen LogP) is 2.43. The van der Waals surface area contributed by atoms with Gasteiger partial charge in [0, 0.05) is 19.9 Å². The van der Waals surface area contributed by atoms with Crippen LogP contribution in [-0.2, 0) is 11.5 Å². The van der Waals surface area contributed by atoms with Crippen molar-refractivity contribution in [1.82, 2.24) is 15.1 Å². The number of hydrogen-bond donors (Lipinski definition) is 1. The van der Waals surface area contributed by atoms with Gasteiger partial charge >= 0.3 is 0 Å². The van der Waals surface area contributed by atoms with Gasteiger partial charge < -0.3 is 10.1 Å². The van der Waals surface area contributed by atoms with Crippen molar-refractivity contribution in [3.63, 3.8) is 0 Å². The third-order valence-corrected chi connectivity index (χ3v) is 5.92. The van der Waals surface area contributed by atoms with Gasteiger partial charge in [0.1, 0.15) is 12.4 Å². The van der Waals surface area contributed by atoms with E-state index in [1.165, 1.54) is 38.5 Å². The summed E-state index contributed by atoms with van der Waals surface area (Å²) in [6.45, 7) is 1.20. The van der Waals surface area contributed by atoms with Crippen LogP contribution in [0.4, 0.5) is 0 Å². The summed E-state index contributed by atoms with van der Waals surface area (Å²) in [6, 6.07) is 1.76. The van der Waals surface area contributed by atoms with Crippen molar-refractivity contribution in [1.29, 1.82) is 0 Å². The lowest BCUT2D eigenvalue weighted by Crippen LogP contribution is -2.51. The number of hydrogen-bond acceptors (Lipinski definition) is 3. The number of amides is 1. The van der Waals surface area contributed by atoms with E-state index < -0.39 is 0 Å². The quantitative estimate of drug-likeness (QED) is 0.909. The van der Waals surface area contributed by atoms with E-state index in [2.05, 4.69) is 10.4 Å². The average molecular weight is 303 g/mol. The number of carbonyl (C=O) groups is 1. The number of methoxy groups -OCH3 is 1. The van der Waals surface area contributed by atoms with E-state index in [0.717, 1.165) is 24.3 Å². The SMILES string of the molecule is COCn1ccc(C(=O)NCC23CC4CC(CC(C4)C2)C3)n1. The summed E-state index contributed by atoms with van der Waals surface area (Å²) in [7, 11) is 1.62. The Morgan fingerprint density at radius 2 is 1.95 bits per heavy atom. The van der Waals surface area contributed by atoms with Crippen LogP contribution in [0, 0.1) is 23.2 Å². The summed E-state index contributed by atoms with van der Waals surface area (Å²) in [5.74, 6) is 2.71. The second kappa shape index (κ2) is 5.37. The van der Waals surface area contributed by atoms with Crippen molar-refractivity contribution in [3.05, 3.63) is 18.0 Å². The molecule has 1 aromatic heterocycles. The van der Waals surface area contributed by atoms with Crippen LogP contribution in [0.15, 0.2) is 12.3 Å². The van der Waals surface area contributed by atoms with Crippen molar-refractivity contribution >= 4 is 5.91 Å². The maximum atomic E-state index is 12.3. The summed E-state index contributed by atoms with van der Waals surface area (Å²) in [5, 5.41) is 7.40. The average Bonchev–Trinajstić information content (AvgIpc) is 2.93. The fourth-order valence-electron chi connectivity index (χ4n) is 5.55. The van der Waals surface area contributed by atoms with E-state index in [9.17, 15) is 4.79 Å². The summed E-state index contributed by atoms with van der Waals surface area (Å²) in [4.78, 5) is 12.3. The highest BCUT2D eigenvalue weighted by molar-refractivity contribution is 5.92. The molecule has 5 heteroatoms. The van der Waals surface area contributed by atoms with E-state index in [1.807, 2.05) is 0 Å². The Morgan fingerprint density at radius 1 is 1.32 bits per heavy atom. The second-order valence-electron chi connectivity index (χ2n) is 7.76. The van der Waals surface area contributed by atoms with Crippen molar-refractivity contribution in [2.75, 3.05) is 13.7 Å². The van der Waals surface area contributed by atoms with Gasteiger partial charge in [-0.15, -0.1) is 0 Å². The first kappa shape index (κ1) is 14.2. The van der Waals surface area contributed by atoms with Gasteiger partial charge in [0.15, 0.2) is 0 Å². The maximum Gasteiger partial charge on any atom is 0.271 e. The topological polar surface area (TPSA) is 56.1 Å². The lowest BCUT2D eigenvalue weighted by atomic mass is 9.49. The number of nitrogens with zero attached hydrogens (tertiary/aromatic N) is 2. The summed E-state index contributed by atoms with van der Waals surface area (Å²) in [6.07, 6.45) is 10.0. The van der Waals surface area contributed by atoms with Crippen molar-refractivity contribution in [2.45, 2.75) is 45.3 Å². The molecule has 5 rings (SSSR count). The first-order valence-electron chi connectivity index (χ1n) is 8.46. The fraction of sp³-hybridized carbons (Fsp3) is 0.765. The molecule has 0 radical (unpaired) electrons. The minimum Gasteiger partial charge on any atom is -0.362 e. The summed E-state index contributed by atoms with van der Waals surface area (Å²) < 4.78 is 6.65. The number of nitrogens with one attached hydrogen (secondary N) is 1. The molecule has 5 nitrogen and oxygen atoms in total. The van der Waals surface area contributed by atoms with Gasteiger partial charge in [0.2, 0.25) is 0 Å². The van der Waals surface area contributed by atoms with Gasteiger partial charge in [-0.3, -0.25) is 4.79 Å². The highest BCUT2D eigenvalue weighted by Gasteiger charge is 2.50. The molecule has 1 aromatic rings. The zero-order chi connectivity index (χ0) is 15.2. The van der Waals surface area contributed by atoms with E-state index >= 15 is 0 Å². The standard InChI is InChI=1S/C17H25N3O2/c1-22-11-20-3-2-15(19-20)16(21)18-10-17-7-12-4-13(8-17)6-14(5-12)9-17/h2-3,12-14H,4-11H2,1H3,(H,18,21).